The average Bonchev–Trinajstić information content (AvgIpc) is 3.01. The molecule has 1 heterocycles. The maximum absolute atomic E-state index is 14.2. The third-order valence-corrected chi connectivity index (χ3v) is 5.65. The topological polar surface area (TPSA) is 88.1 Å². The minimum Gasteiger partial charge on any atom is -0.487 e. The van der Waals surface area contributed by atoms with Gasteiger partial charge in [-0.3, -0.25) is 4.79 Å². The Morgan fingerprint density at radius 1 is 1.30 bits per heavy atom. The Kier molecular flexibility index (Phi) is 5.68. The number of halogens is 3. The van der Waals surface area contributed by atoms with E-state index in [0.29, 0.717) is 5.56 Å². The summed E-state index contributed by atoms with van der Waals surface area (Å²) in [5.41, 5.74) is 6.42. The number of nitrogens with one attached hydrogen (secondary N) is 1. The first-order chi connectivity index (χ1) is 12.9. The Morgan fingerprint density at radius 2 is 2.00 bits per heavy atom. The zero-order valence-corrected chi connectivity index (χ0v) is 16.0. The molecule has 9 heteroatoms. The summed E-state index contributed by atoms with van der Waals surface area (Å²) < 4.78 is 34.0. The summed E-state index contributed by atoms with van der Waals surface area (Å²) >= 11 is 4.90. The summed E-state index contributed by atoms with van der Waals surface area (Å²) in [7, 11) is 0. The molecule has 0 aromatic heterocycles. The summed E-state index contributed by atoms with van der Waals surface area (Å²) in [4.78, 5) is 11.2. The fourth-order valence-corrected chi connectivity index (χ4v) is 4.33. The fraction of sp³-hybridized carbons (Fsp3) is 0.111. The Morgan fingerprint density at radius 3 is 2.63 bits per heavy atom. The maximum atomic E-state index is 14.2. The smallest absolute Gasteiger partial charge is 0.254 e. The summed E-state index contributed by atoms with van der Waals surface area (Å²) in [6.07, 6.45) is 0. The van der Waals surface area contributed by atoms with E-state index in [2.05, 4.69) is 27.3 Å². The van der Waals surface area contributed by atoms with Gasteiger partial charge in [-0.2, -0.15) is 5.26 Å². The van der Waals surface area contributed by atoms with Gasteiger partial charge < -0.3 is 15.8 Å². The van der Waals surface area contributed by atoms with Gasteiger partial charge in [0.05, 0.1) is 21.1 Å². The highest BCUT2D eigenvalue weighted by molar-refractivity contribution is 9.14. The van der Waals surface area contributed by atoms with Crippen molar-refractivity contribution in [3.8, 4) is 11.8 Å². The molecule has 0 saturated heterocycles. The number of benzene rings is 2. The molecule has 0 fully saturated rings. The van der Waals surface area contributed by atoms with Gasteiger partial charge in [-0.25, -0.2) is 8.78 Å². The van der Waals surface area contributed by atoms with Crippen LogP contribution >= 0.6 is 27.7 Å². The van der Waals surface area contributed by atoms with E-state index < -0.39 is 23.1 Å². The van der Waals surface area contributed by atoms with Crippen LogP contribution in [0.3, 0.4) is 0 Å². The molecular formula is C18H12BrF2N3O2S. The van der Waals surface area contributed by atoms with Crippen molar-refractivity contribution < 1.29 is 18.3 Å². The van der Waals surface area contributed by atoms with E-state index in [0.717, 1.165) is 27.2 Å². The third kappa shape index (κ3) is 4.07. The van der Waals surface area contributed by atoms with Crippen LogP contribution in [0.5, 0.6) is 5.75 Å². The molecule has 0 spiro atoms. The van der Waals surface area contributed by atoms with Gasteiger partial charge in [0.1, 0.15) is 23.4 Å². The Labute approximate surface area is 166 Å². The van der Waals surface area contributed by atoms with Gasteiger partial charge in [-0.1, -0.05) is 23.9 Å². The van der Waals surface area contributed by atoms with Crippen LogP contribution in [0.1, 0.15) is 21.5 Å². The van der Waals surface area contributed by atoms with E-state index in [9.17, 15) is 13.6 Å². The van der Waals surface area contributed by atoms with Gasteiger partial charge >= 0.3 is 0 Å². The average molecular weight is 452 g/mol. The first-order valence-corrected chi connectivity index (χ1v) is 9.32. The molecule has 138 valence electrons. The molecule has 1 aliphatic heterocycles. The zero-order chi connectivity index (χ0) is 19.6. The van der Waals surface area contributed by atoms with E-state index in [1.165, 1.54) is 11.8 Å². The van der Waals surface area contributed by atoms with Gasteiger partial charge in [0, 0.05) is 0 Å². The van der Waals surface area contributed by atoms with E-state index in [4.69, 9.17) is 15.7 Å². The molecule has 0 aliphatic carbocycles. The number of nitriles is 1. The van der Waals surface area contributed by atoms with Crippen LogP contribution < -0.4 is 15.8 Å². The highest BCUT2D eigenvalue weighted by Crippen LogP contribution is 2.39. The standard InChI is InChI=1S/C18H12BrF2N3O2S/c19-17-16(10-3-1-9(7-22)2-4-10)24-13(27-17)8-26-12-6-5-11(20)14(15(12)21)18(23)25/h1-6,13,24H,8H2,(H2,23,25). The van der Waals surface area contributed by atoms with Gasteiger partial charge in [0.25, 0.3) is 5.91 Å². The molecule has 0 saturated carbocycles. The molecule has 2 aromatic rings. The number of nitrogens with zero attached hydrogens (tertiary/aromatic N) is 1. The summed E-state index contributed by atoms with van der Waals surface area (Å²) in [6.45, 7) is 0.0559. The second-order valence-electron chi connectivity index (χ2n) is 5.50. The number of hydrogen-bond donors (Lipinski definition) is 2. The monoisotopic (exact) mass is 451 g/mol. The quantitative estimate of drug-likeness (QED) is 0.723. The number of carbonyl (C=O) groups is 1. The van der Waals surface area contributed by atoms with Crippen LogP contribution in [0.25, 0.3) is 5.70 Å². The molecule has 1 unspecified atom stereocenters. The number of primary amides is 1. The van der Waals surface area contributed by atoms with Crippen molar-refractivity contribution >= 4 is 39.3 Å². The van der Waals surface area contributed by atoms with Crippen LogP contribution in [0.2, 0.25) is 0 Å². The third-order valence-electron chi connectivity index (χ3n) is 3.74. The molecule has 5 nitrogen and oxygen atoms in total. The summed E-state index contributed by atoms with van der Waals surface area (Å²) in [6, 6.07) is 11.1. The number of ether oxygens (including phenoxy) is 1. The van der Waals surface area contributed by atoms with Gasteiger partial charge in [-0.05, 0) is 45.8 Å². The van der Waals surface area contributed by atoms with E-state index in [1.54, 1.807) is 12.1 Å². The number of nitrogens with two attached hydrogens (primary N) is 1. The first-order valence-electron chi connectivity index (χ1n) is 7.64. The lowest BCUT2D eigenvalue weighted by atomic mass is 10.1. The Balaban J connectivity index is 1.68. The molecule has 0 bridgehead atoms. The van der Waals surface area contributed by atoms with Gasteiger partial charge in [-0.15, -0.1) is 0 Å². The van der Waals surface area contributed by atoms with Crippen molar-refractivity contribution in [3.63, 3.8) is 0 Å². The van der Waals surface area contributed by atoms with Crippen molar-refractivity contribution in [1.82, 2.24) is 5.32 Å². The number of carbonyl (C=O) groups excluding carboxylic acids is 1. The first kappa shape index (κ1) is 19.2. The molecule has 3 N–H and O–H groups in total. The van der Waals surface area contributed by atoms with Crippen LogP contribution in [-0.2, 0) is 0 Å². The second-order valence-corrected chi connectivity index (χ2v) is 8.03. The molecule has 2 aromatic carbocycles. The van der Waals surface area contributed by atoms with Crippen molar-refractivity contribution in [2.24, 2.45) is 5.73 Å². The highest BCUT2D eigenvalue weighted by Gasteiger charge is 2.26. The van der Waals surface area contributed by atoms with Crippen molar-refractivity contribution in [3.05, 3.63) is 68.5 Å². The molecule has 1 amide bonds. The maximum Gasteiger partial charge on any atom is 0.254 e. The van der Waals surface area contributed by atoms with Gasteiger partial charge in [0.2, 0.25) is 0 Å². The minimum absolute atomic E-state index is 0.0559. The van der Waals surface area contributed by atoms with Crippen molar-refractivity contribution in [1.29, 1.82) is 5.26 Å². The van der Waals surface area contributed by atoms with E-state index >= 15 is 0 Å². The lowest BCUT2D eigenvalue weighted by Gasteiger charge is -2.15. The van der Waals surface area contributed by atoms with Crippen LogP contribution in [0.4, 0.5) is 8.78 Å². The number of amides is 1. The van der Waals surface area contributed by atoms with Crippen LogP contribution in [0, 0.1) is 23.0 Å². The number of rotatable bonds is 5. The normalized spacial score (nSPS) is 16.0. The summed E-state index contributed by atoms with van der Waals surface area (Å²) in [5.74, 6) is -3.61. The SMILES string of the molecule is N#Cc1ccc(C2=C(Br)SC(COc3ccc(F)c(C(N)=O)c3F)N2)cc1. The van der Waals surface area contributed by atoms with Crippen molar-refractivity contribution in [2.75, 3.05) is 6.61 Å². The molecule has 27 heavy (non-hydrogen) atoms. The minimum atomic E-state index is -1.20. The molecule has 3 rings (SSSR count). The van der Waals surface area contributed by atoms with Gasteiger partial charge in [0.15, 0.2) is 11.6 Å². The van der Waals surface area contributed by atoms with Crippen LogP contribution in [-0.4, -0.2) is 17.9 Å². The Bertz CT molecular complexity index is 974. The van der Waals surface area contributed by atoms with E-state index in [1.807, 2.05) is 12.1 Å². The number of hydrogen-bond acceptors (Lipinski definition) is 5. The highest BCUT2D eigenvalue weighted by atomic mass is 79.9. The second kappa shape index (κ2) is 7.98. The number of thioether (sulfide) groups is 1. The lowest BCUT2D eigenvalue weighted by molar-refractivity contribution is 0.0991. The molecule has 1 aliphatic rings. The van der Waals surface area contributed by atoms with Crippen molar-refractivity contribution in [2.45, 2.75) is 5.37 Å². The largest absolute Gasteiger partial charge is 0.487 e. The molecule has 0 radical (unpaired) electrons. The molecule has 1 atom stereocenters. The fourth-order valence-electron chi connectivity index (χ4n) is 2.45. The van der Waals surface area contributed by atoms with E-state index in [-0.39, 0.29) is 17.7 Å². The summed E-state index contributed by atoms with van der Waals surface area (Å²) in [5, 5.41) is 11.9. The predicted octanol–water partition coefficient (Wildman–Crippen LogP) is 3.70. The Hall–Kier alpha value is -2.57. The lowest BCUT2D eigenvalue weighted by Crippen LogP contribution is -2.27. The predicted molar refractivity (Wildman–Crippen MR) is 102 cm³/mol. The van der Waals surface area contributed by atoms with Crippen LogP contribution in [0.15, 0.2) is 40.2 Å². The molecular weight excluding hydrogens is 440 g/mol. The zero-order valence-electron chi connectivity index (χ0n) is 13.6.